The Balaban J connectivity index is 1.58. The van der Waals surface area contributed by atoms with Gasteiger partial charge in [0.05, 0.1) is 5.56 Å². The van der Waals surface area contributed by atoms with Gasteiger partial charge in [-0.3, -0.25) is 14.4 Å². The molecule has 1 aliphatic heterocycles. The number of alkyl carbamates (subject to hydrolysis) is 1. The van der Waals surface area contributed by atoms with E-state index in [2.05, 4.69) is 10.3 Å². The molecule has 0 bridgehead atoms. The van der Waals surface area contributed by atoms with Gasteiger partial charge < -0.3 is 24.8 Å². The summed E-state index contributed by atoms with van der Waals surface area (Å²) < 4.78 is 5.31. The van der Waals surface area contributed by atoms with Gasteiger partial charge in [-0.25, -0.2) is 4.79 Å². The monoisotopic (exact) mass is 546 g/mol. The number of Topliss-reactive ketones (excluding diaryl/α,β-unsaturated/α-hetero) is 1. The van der Waals surface area contributed by atoms with E-state index in [0.717, 1.165) is 23.1 Å². The molecule has 9 heteroatoms. The number of ketones is 1. The van der Waals surface area contributed by atoms with Crippen LogP contribution in [0.1, 0.15) is 69.4 Å². The van der Waals surface area contributed by atoms with Crippen molar-refractivity contribution in [1.29, 1.82) is 0 Å². The van der Waals surface area contributed by atoms with Crippen molar-refractivity contribution >= 4 is 34.6 Å². The molecule has 1 aromatic heterocycles. The van der Waals surface area contributed by atoms with Gasteiger partial charge in [-0.2, -0.15) is 0 Å². The Kier molecular flexibility index (Phi) is 8.05. The summed E-state index contributed by atoms with van der Waals surface area (Å²) in [4.78, 5) is 59.1. The van der Waals surface area contributed by atoms with Crippen molar-refractivity contribution in [3.63, 3.8) is 0 Å². The number of ether oxygens (including phenoxy) is 1. The maximum Gasteiger partial charge on any atom is 0.407 e. The molecule has 212 valence electrons. The molecular formula is C31H38N4O5. The van der Waals surface area contributed by atoms with Crippen molar-refractivity contribution in [1.82, 2.24) is 20.1 Å². The third kappa shape index (κ3) is 6.35. The highest BCUT2D eigenvalue weighted by Crippen LogP contribution is 2.31. The third-order valence-corrected chi connectivity index (χ3v) is 7.24. The summed E-state index contributed by atoms with van der Waals surface area (Å²) in [6, 6.07) is 13.8. The summed E-state index contributed by atoms with van der Waals surface area (Å²) >= 11 is 0. The number of aromatic nitrogens is 1. The molecule has 0 aliphatic carbocycles. The fraction of sp³-hybridized carbons (Fsp3) is 0.419. The summed E-state index contributed by atoms with van der Waals surface area (Å²) in [7, 11) is 0. The van der Waals surface area contributed by atoms with E-state index in [9.17, 15) is 19.2 Å². The van der Waals surface area contributed by atoms with Crippen LogP contribution >= 0.6 is 0 Å². The van der Waals surface area contributed by atoms with E-state index in [4.69, 9.17) is 4.74 Å². The maximum atomic E-state index is 13.8. The molecule has 4 rings (SSSR count). The molecule has 1 aliphatic rings. The largest absolute Gasteiger partial charge is 0.444 e. The molecule has 40 heavy (non-hydrogen) atoms. The minimum absolute atomic E-state index is 0.0500. The van der Waals surface area contributed by atoms with Crippen LogP contribution in [0.2, 0.25) is 0 Å². The highest BCUT2D eigenvalue weighted by atomic mass is 16.6. The van der Waals surface area contributed by atoms with Crippen LogP contribution in [0.5, 0.6) is 0 Å². The number of benzene rings is 2. The minimum Gasteiger partial charge on any atom is -0.444 e. The topological polar surface area (TPSA) is 112 Å². The summed E-state index contributed by atoms with van der Waals surface area (Å²) in [6.07, 6.45) is 1.88. The highest BCUT2D eigenvalue weighted by molar-refractivity contribution is 6.45. The molecule has 1 atom stereocenters. The SMILES string of the molecule is CC(C(=O)N1CCC1(C)C)N(Cc1cccc(CNC(=O)OC(C)(C)C)c1)C(=O)C(=O)c1c[nH]c2ccccc12. The number of hydrogen-bond acceptors (Lipinski definition) is 5. The van der Waals surface area contributed by atoms with Gasteiger partial charge in [0.2, 0.25) is 5.91 Å². The number of nitrogens with zero attached hydrogens (tertiary/aromatic N) is 2. The number of H-pyrrole nitrogens is 1. The van der Waals surface area contributed by atoms with Crippen LogP contribution < -0.4 is 5.32 Å². The molecule has 2 N–H and O–H groups in total. The van der Waals surface area contributed by atoms with Gasteiger partial charge in [0, 0.05) is 42.3 Å². The molecule has 0 saturated carbocycles. The van der Waals surface area contributed by atoms with E-state index in [0.29, 0.717) is 11.9 Å². The molecule has 1 fully saturated rings. The summed E-state index contributed by atoms with van der Waals surface area (Å²) in [5.74, 6) is -1.62. The fourth-order valence-corrected chi connectivity index (χ4v) is 4.85. The zero-order valence-electron chi connectivity index (χ0n) is 24.0. The number of aromatic amines is 1. The first-order valence-corrected chi connectivity index (χ1v) is 13.5. The Hall–Kier alpha value is -4.14. The predicted octanol–water partition coefficient (Wildman–Crippen LogP) is 4.80. The second kappa shape index (κ2) is 11.2. The first kappa shape index (κ1) is 28.9. The van der Waals surface area contributed by atoms with Crippen LogP contribution in [0.25, 0.3) is 10.9 Å². The van der Waals surface area contributed by atoms with Crippen LogP contribution in [-0.2, 0) is 27.4 Å². The third-order valence-electron chi connectivity index (χ3n) is 7.24. The second-order valence-corrected chi connectivity index (χ2v) is 11.9. The van der Waals surface area contributed by atoms with E-state index in [1.54, 1.807) is 38.7 Å². The van der Waals surface area contributed by atoms with E-state index in [-0.39, 0.29) is 30.1 Å². The number of carbonyl (C=O) groups is 4. The number of rotatable bonds is 8. The summed E-state index contributed by atoms with van der Waals surface area (Å²) in [6.45, 7) is 11.9. The number of carbonyl (C=O) groups excluding carboxylic acids is 4. The average molecular weight is 547 g/mol. The van der Waals surface area contributed by atoms with Crippen molar-refractivity contribution in [2.24, 2.45) is 0 Å². The molecular weight excluding hydrogens is 508 g/mol. The molecule has 3 aromatic rings. The van der Waals surface area contributed by atoms with Crippen molar-refractivity contribution < 1.29 is 23.9 Å². The zero-order valence-corrected chi connectivity index (χ0v) is 24.0. The van der Waals surface area contributed by atoms with E-state index >= 15 is 0 Å². The van der Waals surface area contributed by atoms with Gasteiger partial charge in [0.15, 0.2) is 0 Å². The Bertz CT molecular complexity index is 1430. The number of likely N-dealkylation sites (tertiary alicyclic amines) is 1. The van der Waals surface area contributed by atoms with Crippen LogP contribution in [0.3, 0.4) is 0 Å². The van der Waals surface area contributed by atoms with Crippen LogP contribution in [-0.4, -0.2) is 62.2 Å². The smallest absolute Gasteiger partial charge is 0.407 e. The lowest BCUT2D eigenvalue weighted by atomic mass is 9.88. The standard InChI is InChI=1S/C31H38N4O5/c1-20(27(37)35-15-14-31(35,5)6)34(28(38)26(36)24-18-32-25-13-8-7-12-23(24)25)19-22-11-9-10-21(16-22)17-33-29(39)40-30(2,3)4/h7-13,16,18,20,32H,14-15,17,19H2,1-6H3,(H,33,39). The molecule has 2 aromatic carbocycles. The number of amides is 3. The van der Waals surface area contributed by atoms with Gasteiger partial charge in [0.1, 0.15) is 11.6 Å². The number of fused-ring (bicyclic) bond motifs is 1. The van der Waals surface area contributed by atoms with Crippen LogP contribution in [0.15, 0.2) is 54.7 Å². The van der Waals surface area contributed by atoms with Crippen molar-refractivity contribution in [3.05, 3.63) is 71.4 Å². The lowest BCUT2D eigenvalue weighted by Gasteiger charge is -2.50. The summed E-state index contributed by atoms with van der Waals surface area (Å²) in [5, 5.41) is 3.38. The van der Waals surface area contributed by atoms with Crippen LogP contribution in [0, 0.1) is 0 Å². The fourth-order valence-electron chi connectivity index (χ4n) is 4.85. The first-order valence-electron chi connectivity index (χ1n) is 13.5. The van der Waals surface area contributed by atoms with Crippen LogP contribution in [0.4, 0.5) is 4.79 Å². The molecule has 3 amide bonds. The van der Waals surface area contributed by atoms with Gasteiger partial charge in [-0.1, -0.05) is 42.5 Å². The zero-order chi connectivity index (χ0) is 29.2. The molecule has 0 radical (unpaired) electrons. The van der Waals surface area contributed by atoms with Gasteiger partial charge in [0.25, 0.3) is 11.7 Å². The van der Waals surface area contributed by atoms with E-state index in [1.165, 1.54) is 11.1 Å². The van der Waals surface area contributed by atoms with E-state index < -0.39 is 29.4 Å². The number of hydrogen-bond donors (Lipinski definition) is 2. The maximum absolute atomic E-state index is 13.8. The van der Waals surface area contributed by atoms with Gasteiger partial charge >= 0.3 is 6.09 Å². The summed E-state index contributed by atoms with van der Waals surface area (Å²) in [5.41, 5.74) is 1.63. The normalized spacial score (nSPS) is 15.2. The Morgan fingerprint density at radius 3 is 2.42 bits per heavy atom. The molecule has 9 nitrogen and oxygen atoms in total. The highest BCUT2D eigenvalue weighted by Gasteiger charge is 2.43. The van der Waals surface area contributed by atoms with Crippen molar-refractivity contribution in [3.8, 4) is 0 Å². The molecule has 1 saturated heterocycles. The minimum atomic E-state index is -0.857. The Labute approximate surface area is 234 Å². The predicted molar refractivity (Wildman–Crippen MR) is 153 cm³/mol. The van der Waals surface area contributed by atoms with Gasteiger partial charge in [-0.05, 0) is 65.2 Å². The van der Waals surface area contributed by atoms with Gasteiger partial charge in [-0.15, -0.1) is 0 Å². The Morgan fingerprint density at radius 2 is 1.77 bits per heavy atom. The van der Waals surface area contributed by atoms with Crippen molar-refractivity contribution in [2.45, 2.75) is 78.2 Å². The molecule has 1 unspecified atom stereocenters. The number of nitrogens with one attached hydrogen (secondary N) is 2. The first-order chi connectivity index (χ1) is 18.8. The molecule has 0 spiro atoms. The lowest BCUT2D eigenvalue weighted by molar-refractivity contribution is -0.154. The second-order valence-electron chi connectivity index (χ2n) is 11.9. The quantitative estimate of drug-likeness (QED) is 0.311. The number of para-hydroxylation sites is 1. The van der Waals surface area contributed by atoms with E-state index in [1.807, 2.05) is 56.3 Å². The molecule has 2 heterocycles. The van der Waals surface area contributed by atoms with Crippen molar-refractivity contribution in [2.75, 3.05) is 6.54 Å². The average Bonchev–Trinajstić information content (AvgIpc) is 3.32. The lowest BCUT2D eigenvalue weighted by Crippen LogP contribution is -2.63. The Morgan fingerprint density at radius 1 is 1.07 bits per heavy atom.